The molecular formula is C27H23F6NO2. The number of aliphatic hydroxyl groups excluding tert-OH is 1. The Hall–Kier alpha value is -3.14. The second-order valence-electron chi connectivity index (χ2n) is 8.71. The van der Waals surface area contributed by atoms with Crippen LogP contribution in [0, 0.1) is 6.92 Å². The molecule has 1 unspecified atom stereocenters. The van der Waals surface area contributed by atoms with Crippen LogP contribution in [-0.2, 0) is 29.2 Å². The van der Waals surface area contributed by atoms with Gasteiger partial charge in [-0.3, -0.25) is 5.32 Å². The van der Waals surface area contributed by atoms with E-state index in [9.17, 15) is 31.4 Å². The standard InChI is InChI=1S/C27H23F6NO2/c1-17-7-5-6-10-22(17)23-14-25(34-24(23)35,19-8-3-2-4-9-19)16-36-15-18-11-20(26(28,29)30)13-21(12-18)27(31,32)33/h2-14,24,34-35H,15-16H2,1H3/t24?,25-/m1/s1. The first-order valence-corrected chi connectivity index (χ1v) is 11.1. The molecule has 1 heterocycles. The van der Waals surface area contributed by atoms with E-state index in [1.807, 2.05) is 31.2 Å². The highest BCUT2D eigenvalue weighted by Gasteiger charge is 2.41. The van der Waals surface area contributed by atoms with E-state index in [1.54, 1.807) is 36.4 Å². The van der Waals surface area contributed by atoms with Crippen LogP contribution >= 0.6 is 0 Å². The number of hydrogen-bond donors (Lipinski definition) is 2. The van der Waals surface area contributed by atoms with Crippen LogP contribution < -0.4 is 5.32 Å². The van der Waals surface area contributed by atoms with E-state index in [0.29, 0.717) is 23.3 Å². The maximum Gasteiger partial charge on any atom is 0.416 e. The quantitative estimate of drug-likeness (QED) is 0.377. The van der Waals surface area contributed by atoms with Gasteiger partial charge in [0, 0.05) is 5.57 Å². The number of ether oxygens (including phenoxy) is 1. The fraction of sp³-hybridized carbons (Fsp3) is 0.259. The molecule has 3 aromatic rings. The van der Waals surface area contributed by atoms with Gasteiger partial charge in [-0.1, -0.05) is 54.6 Å². The molecule has 36 heavy (non-hydrogen) atoms. The summed E-state index contributed by atoms with van der Waals surface area (Å²) in [4.78, 5) is 0. The number of aliphatic hydroxyl groups is 1. The van der Waals surface area contributed by atoms with Crippen molar-refractivity contribution in [3.63, 3.8) is 0 Å². The summed E-state index contributed by atoms with van der Waals surface area (Å²) in [7, 11) is 0. The van der Waals surface area contributed by atoms with E-state index in [-0.39, 0.29) is 18.2 Å². The molecular weight excluding hydrogens is 484 g/mol. The molecule has 9 heteroatoms. The molecule has 0 saturated carbocycles. The third-order valence-electron chi connectivity index (χ3n) is 6.08. The zero-order valence-electron chi connectivity index (χ0n) is 19.1. The van der Waals surface area contributed by atoms with Crippen LogP contribution in [-0.4, -0.2) is 17.9 Å². The number of halogens is 6. The minimum absolute atomic E-state index is 0.0844. The van der Waals surface area contributed by atoms with E-state index < -0.39 is 41.9 Å². The summed E-state index contributed by atoms with van der Waals surface area (Å²) in [6.07, 6.45) is -9.16. The number of rotatable bonds is 6. The Labute approximate surface area is 204 Å². The van der Waals surface area contributed by atoms with Crippen LogP contribution in [0.1, 0.15) is 33.4 Å². The van der Waals surface area contributed by atoms with Crippen molar-refractivity contribution in [1.82, 2.24) is 5.32 Å². The molecule has 3 aromatic carbocycles. The molecule has 2 atom stereocenters. The van der Waals surface area contributed by atoms with Crippen molar-refractivity contribution < 1.29 is 36.2 Å². The predicted octanol–water partition coefficient (Wildman–Crippen LogP) is 6.45. The van der Waals surface area contributed by atoms with Gasteiger partial charge < -0.3 is 9.84 Å². The lowest BCUT2D eigenvalue weighted by Crippen LogP contribution is -2.45. The minimum Gasteiger partial charge on any atom is -0.374 e. The maximum absolute atomic E-state index is 13.2. The van der Waals surface area contributed by atoms with Crippen LogP contribution in [0.25, 0.3) is 5.57 Å². The lowest BCUT2D eigenvalue weighted by atomic mass is 9.90. The third kappa shape index (κ3) is 5.48. The molecule has 0 fully saturated rings. The molecule has 1 aliphatic heterocycles. The summed E-state index contributed by atoms with van der Waals surface area (Å²) in [5.41, 5.74) is -1.07. The van der Waals surface area contributed by atoms with Gasteiger partial charge in [0.25, 0.3) is 0 Å². The Morgan fingerprint density at radius 3 is 2.03 bits per heavy atom. The fourth-order valence-corrected chi connectivity index (χ4v) is 4.33. The first kappa shape index (κ1) is 25.9. The zero-order chi connectivity index (χ0) is 26.1. The average molecular weight is 507 g/mol. The Balaban J connectivity index is 1.65. The van der Waals surface area contributed by atoms with Gasteiger partial charge in [0.15, 0.2) is 0 Å². The average Bonchev–Trinajstić information content (AvgIpc) is 3.16. The van der Waals surface area contributed by atoms with Crippen LogP contribution in [0.2, 0.25) is 0 Å². The third-order valence-corrected chi connectivity index (χ3v) is 6.08. The Morgan fingerprint density at radius 2 is 1.44 bits per heavy atom. The molecule has 3 nitrogen and oxygen atoms in total. The maximum atomic E-state index is 13.2. The molecule has 190 valence electrons. The van der Waals surface area contributed by atoms with Crippen molar-refractivity contribution in [1.29, 1.82) is 0 Å². The number of nitrogens with one attached hydrogen (secondary N) is 1. The molecule has 0 saturated heterocycles. The number of aryl methyl sites for hydroxylation is 1. The smallest absolute Gasteiger partial charge is 0.374 e. The Bertz CT molecular complexity index is 1220. The summed E-state index contributed by atoms with van der Waals surface area (Å²) in [5, 5.41) is 13.9. The molecule has 1 aliphatic rings. The van der Waals surface area contributed by atoms with Crippen LogP contribution in [0.15, 0.2) is 78.9 Å². The highest BCUT2D eigenvalue weighted by Crippen LogP contribution is 2.38. The van der Waals surface area contributed by atoms with Crippen molar-refractivity contribution in [3.05, 3.63) is 112 Å². The van der Waals surface area contributed by atoms with Gasteiger partial charge in [0.05, 0.1) is 29.9 Å². The Morgan fingerprint density at radius 1 is 0.861 bits per heavy atom. The minimum atomic E-state index is -4.94. The van der Waals surface area contributed by atoms with E-state index in [2.05, 4.69) is 5.32 Å². The van der Waals surface area contributed by atoms with E-state index in [1.165, 1.54) is 0 Å². The fourth-order valence-electron chi connectivity index (χ4n) is 4.33. The lowest BCUT2D eigenvalue weighted by Gasteiger charge is -2.29. The van der Waals surface area contributed by atoms with Gasteiger partial charge in [-0.15, -0.1) is 0 Å². The Kier molecular flexibility index (Phi) is 7.01. The number of benzene rings is 3. The van der Waals surface area contributed by atoms with Gasteiger partial charge in [-0.05, 0) is 53.5 Å². The van der Waals surface area contributed by atoms with Crippen LogP contribution in [0.3, 0.4) is 0 Å². The molecule has 0 aromatic heterocycles. The van der Waals surface area contributed by atoms with E-state index in [0.717, 1.165) is 11.1 Å². The summed E-state index contributed by atoms with van der Waals surface area (Å²) in [6.45, 7) is 1.25. The van der Waals surface area contributed by atoms with E-state index >= 15 is 0 Å². The zero-order valence-corrected chi connectivity index (χ0v) is 19.1. The summed E-state index contributed by atoms with van der Waals surface area (Å²) < 4.78 is 85.0. The summed E-state index contributed by atoms with van der Waals surface area (Å²) in [6, 6.07) is 17.8. The topological polar surface area (TPSA) is 41.5 Å². The normalized spacial score (nSPS) is 20.4. The van der Waals surface area contributed by atoms with Crippen molar-refractivity contribution in [2.75, 3.05) is 6.61 Å². The van der Waals surface area contributed by atoms with Crippen molar-refractivity contribution in [2.45, 2.75) is 37.7 Å². The van der Waals surface area contributed by atoms with Gasteiger partial charge >= 0.3 is 12.4 Å². The lowest BCUT2D eigenvalue weighted by molar-refractivity contribution is -0.143. The van der Waals surface area contributed by atoms with Crippen molar-refractivity contribution in [2.24, 2.45) is 0 Å². The number of hydrogen-bond acceptors (Lipinski definition) is 3. The van der Waals surface area contributed by atoms with Gasteiger partial charge in [-0.2, -0.15) is 26.3 Å². The van der Waals surface area contributed by atoms with Crippen molar-refractivity contribution in [3.8, 4) is 0 Å². The molecule has 0 spiro atoms. The van der Waals surface area contributed by atoms with Crippen molar-refractivity contribution >= 4 is 5.57 Å². The first-order chi connectivity index (χ1) is 16.9. The predicted molar refractivity (Wildman–Crippen MR) is 123 cm³/mol. The highest BCUT2D eigenvalue weighted by atomic mass is 19.4. The van der Waals surface area contributed by atoms with Crippen LogP contribution in [0.5, 0.6) is 0 Å². The summed E-state index contributed by atoms with van der Waals surface area (Å²) in [5.74, 6) is 0. The molecule has 0 radical (unpaired) electrons. The monoisotopic (exact) mass is 507 g/mol. The van der Waals surface area contributed by atoms with E-state index in [4.69, 9.17) is 4.74 Å². The molecule has 0 amide bonds. The van der Waals surface area contributed by atoms with Gasteiger partial charge in [0.2, 0.25) is 0 Å². The summed E-state index contributed by atoms with van der Waals surface area (Å²) >= 11 is 0. The first-order valence-electron chi connectivity index (χ1n) is 11.1. The van der Waals surface area contributed by atoms with Gasteiger partial charge in [0.1, 0.15) is 6.23 Å². The molecule has 4 rings (SSSR count). The highest BCUT2D eigenvalue weighted by molar-refractivity contribution is 5.74. The largest absolute Gasteiger partial charge is 0.416 e. The number of alkyl halides is 6. The molecule has 2 N–H and O–H groups in total. The van der Waals surface area contributed by atoms with Crippen LogP contribution in [0.4, 0.5) is 26.3 Å². The molecule has 0 aliphatic carbocycles. The SMILES string of the molecule is Cc1ccccc1C1=C[C@@](COCc2cc(C(F)(F)F)cc(C(F)(F)F)c2)(c2ccccc2)NC1O. The second-order valence-corrected chi connectivity index (χ2v) is 8.71. The van der Waals surface area contributed by atoms with Gasteiger partial charge in [-0.25, -0.2) is 0 Å². The second kappa shape index (κ2) is 9.72. The molecule has 0 bridgehead atoms.